The van der Waals surface area contributed by atoms with Gasteiger partial charge < -0.3 is 4.42 Å². The third kappa shape index (κ3) is 1.38. The molecule has 0 atom stereocenters. The van der Waals surface area contributed by atoms with Crippen LogP contribution in [0.25, 0.3) is 21.9 Å². The van der Waals surface area contributed by atoms with Crippen molar-refractivity contribution in [1.29, 1.82) is 0 Å². The molecule has 0 bridgehead atoms. The summed E-state index contributed by atoms with van der Waals surface area (Å²) in [6.45, 7) is 0. The fourth-order valence-corrected chi connectivity index (χ4v) is 1.61. The van der Waals surface area contributed by atoms with Gasteiger partial charge in [-0.15, -0.1) is 6.07 Å². The summed E-state index contributed by atoms with van der Waals surface area (Å²) >= 11 is 0. The Morgan fingerprint density at radius 3 is 2.64 bits per heavy atom. The number of benzene rings is 2. The summed E-state index contributed by atoms with van der Waals surface area (Å²) in [7, 11) is 0. The van der Waals surface area contributed by atoms with E-state index in [4.69, 9.17) is 4.42 Å². The van der Waals surface area contributed by atoms with E-state index in [-0.39, 0.29) is 29.6 Å². The molecule has 0 fully saturated rings. The van der Waals surface area contributed by atoms with E-state index in [1.807, 2.05) is 36.4 Å². The first-order valence-corrected chi connectivity index (χ1v) is 4.22. The van der Waals surface area contributed by atoms with E-state index in [9.17, 15) is 0 Å². The monoisotopic (exact) mass is 190 g/mol. The second kappa shape index (κ2) is 3.77. The molecule has 1 aromatic heterocycles. The Balaban J connectivity index is 0.000000750. The van der Waals surface area contributed by atoms with Crippen molar-refractivity contribution in [3.05, 3.63) is 48.5 Å². The molecule has 0 saturated carbocycles. The molecule has 1 heterocycles. The van der Waals surface area contributed by atoms with Gasteiger partial charge in [-0.05, 0) is 11.5 Å². The average molecular weight is 190 g/mol. The largest absolute Gasteiger partial charge is 1.00 e. The maximum absolute atomic E-state index is 5.63. The van der Waals surface area contributed by atoms with Crippen LogP contribution < -0.4 is 29.6 Å². The van der Waals surface area contributed by atoms with Gasteiger partial charge in [0.05, 0.1) is 0 Å². The molecule has 0 amide bonds. The zero-order valence-electron chi connectivity index (χ0n) is 7.95. The number of hydrogen-bond donors (Lipinski definition) is 0. The maximum atomic E-state index is 5.63. The molecule has 62 valence electrons. The van der Waals surface area contributed by atoms with Crippen molar-refractivity contribution < 1.29 is 34.0 Å². The van der Waals surface area contributed by atoms with Gasteiger partial charge in [-0.1, -0.05) is 23.6 Å². The smallest absolute Gasteiger partial charge is 0.483 e. The molecule has 3 aromatic rings. The first kappa shape index (κ1) is 9.78. The Bertz CT molecular complexity index is 518. The molecular formula is C12H7NaO. The number of hydrogen-bond acceptors (Lipinski definition) is 1. The summed E-state index contributed by atoms with van der Waals surface area (Å²) < 4.78 is 5.63. The third-order valence-corrected chi connectivity index (χ3v) is 2.22. The summed E-state index contributed by atoms with van der Waals surface area (Å²) in [5.74, 6) is 0. The minimum atomic E-state index is 0. The summed E-state index contributed by atoms with van der Waals surface area (Å²) in [4.78, 5) is 0. The van der Waals surface area contributed by atoms with Crippen LogP contribution in [0.5, 0.6) is 0 Å². The molecule has 0 aliphatic rings. The Labute approximate surface area is 104 Å². The molecule has 3 rings (SSSR count). The van der Waals surface area contributed by atoms with Gasteiger partial charge in [-0.25, -0.2) is 0 Å². The summed E-state index contributed by atoms with van der Waals surface area (Å²) in [5.41, 5.74) is 1.87. The Morgan fingerprint density at radius 2 is 1.71 bits per heavy atom. The maximum Gasteiger partial charge on any atom is 1.00 e. The Kier molecular flexibility index (Phi) is 2.64. The Hall–Kier alpha value is -0.760. The van der Waals surface area contributed by atoms with Crippen LogP contribution in [-0.2, 0) is 0 Å². The van der Waals surface area contributed by atoms with Crippen LogP contribution in [0.3, 0.4) is 0 Å². The van der Waals surface area contributed by atoms with Crippen molar-refractivity contribution in [3.8, 4) is 0 Å². The van der Waals surface area contributed by atoms with E-state index in [2.05, 4.69) is 12.1 Å². The summed E-state index contributed by atoms with van der Waals surface area (Å²) in [5, 5.41) is 2.30. The number of fused-ring (bicyclic) bond motifs is 3. The van der Waals surface area contributed by atoms with Gasteiger partial charge in [0.15, 0.2) is 0 Å². The second-order valence-electron chi connectivity index (χ2n) is 3.02. The molecule has 1 nitrogen and oxygen atoms in total. The zero-order chi connectivity index (χ0) is 8.67. The van der Waals surface area contributed by atoms with E-state index in [0.29, 0.717) is 0 Å². The minimum absolute atomic E-state index is 0. The van der Waals surface area contributed by atoms with E-state index in [0.717, 1.165) is 21.9 Å². The molecule has 2 heteroatoms. The normalized spacial score (nSPS) is 10.3. The number of furan rings is 1. The van der Waals surface area contributed by atoms with Gasteiger partial charge >= 0.3 is 29.6 Å². The van der Waals surface area contributed by atoms with Crippen molar-refractivity contribution >= 4 is 21.9 Å². The second-order valence-corrected chi connectivity index (χ2v) is 3.02. The molecule has 0 radical (unpaired) electrons. The molecule has 0 spiro atoms. The predicted molar refractivity (Wildman–Crippen MR) is 52.6 cm³/mol. The van der Waals surface area contributed by atoms with Crippen LogP contribution in [0.4, 0.5) is 0 Å². The van der Waals surface area contributed by atoms with E-state index in [1.165, 1.54) is 0 Å². The van der Waals surface area contributed by atoms with E-state index < -0.39 is 0 Å². The third-order valence-electron chi connectivity index (χ3n) is 2.22. The van der Waals surface area contributed by atoms with E-state index in [1.54, 1.807) is 0 Å². The van der Waals surface area contributed by atoms with Crippen molar-refractivity contribution in [2.75, 3.05) is 0 Å². The van der Waals surface area contributed by atoms with Crippen LogP contribution >= 0.6 is 0 Å². The van der Waals surface area contributed by atoms with Crippen LogP contribution in [0.15, 0.2) is 46.9 Å². The van der Waals surface area contributed by atoms with Crippen LogP contribution in [0, 0.1) is 6.07 Å². The fraction of sp³-hybridized carbons (Fsp3) is 0. The quantitative estimate of drug-likeness (QED) is 0.369. The van der Waals surface area contributed by atoms with E-state index >= 15 is 0 Å². The van der Waals surface area contributed by atoms with Crippen molar-refractivity contribution in [1.82, 2.24) is 0 Å². The first-order chi connectivity index (χ1) is 6.45. The zero-order valence-corrected chi connectivity index (χ0v) is 9.95. The van der Waals surface area contributed by atoms with Gasteiger partial charge in [-0.3, -0.25) is 0 Å². The average Bonchev–Trinajstić information content (AvgIpc) is 2.56. The van der Waals surface area contributed by atoms with Gasteiger partial charge in [0.25, 0.3) is 0 Å². The Morgan fingerprint density at radius 1 is 0.929 bits per heavy atom. The van der Waals surface area contributed by atoms with Crippen LogP contribution in [0.2, 0.25) is 0 Å². The molecular weight excluding hydrogens is 183 g/mol. The molecule has 14 heavy (non-hydrogen) atoms. The molecule has 0 aliphatic carbocycles. The molecule has 0 N–H and O–H groups in total. The van der Waals surface area contributed by atoms with Crippen LogP contribution in [0.1, 0.15) is 0 Å². The minimum Gasteiger partial charge on any atom is -0.483 e. The predicted octanol–water partition coefficient (Wildman–Crippen LogP) is 0.390. The van der Waals surface area contributed by atoms with Gasteiger partial charge in [0.1, 0.15) is 5.58 Å². The van der Waals surface area contributed by atoms with Gasteiger partial charge in [0, 0.05) is 5.58 Å². The molecule has 0 aliphatic heterocycles. The van der Waals surface area contributed by atoms with Crippen LogP contribution in [-0.4, -0.2) is 0 Å². The van der Waals surface area contributed by atoms with Gasteiger partial charge in [0.2, 0.25) is 0 Å². The standard InChI is InChI=1S/C12H7O.Na/c1-3-7-11-9(5-1)10-6-2-4-8-12(10)13-11;/h1,3-8H;/q-1;+1. The van der Waals surface area contributed by atoms with Crippen molar-refractivity contribution in [2.24, 2.45) is 0 Å². The van der Waals surface area contributed by atoms with Crippen molar-refractivity contribution in [2.45, 2.75) is 0 Å². The molecule has 0 saturated heterocycles. The number of rotatable bonds is 0. The SMILES string of the molecule is [Na+].[c-]1ccc2oc3ccccc3c2c1. The molecule has 0 unspecified atom stereocenters. The van der Waals surface area contributed by atoms with Crippen molar-refractivity contribution in [3.63, 3.8) is 0 Å². The van der Waals surface area contributed by atoms with Gasteiger partial charge in [-0.2, -0.15) is 18.2 Å². The number of para-hydroxylation sites is 1. The first-order valence-electron chi connectivity index (χ1n) is 4.22. The molecule has 2 aromatic carbocycles. The summed E-state index contributed by atoms with van der Waals surface area (Å²) in [6.07, 6.45) is 0. The fourth-order valence-electron chi connectivity index (χ4n) is 1.61. The summed E-state index contributed by atoms with van der Waals surface area (Å²) in [6, 6.07) is 16.9. The topological polar surface area (TPSA) is 13.1 Å².